The lowest BCUT2D eigenvalue weighted by molar-refractivity contribution is 0.540. The third-order valence-corrected chi connectivity index (χ3v) is 3.73. The van der Waals surface area contributed by atoms with Gasteiger partial charge in [0.25, 0.3) is 0 Å². The van der Waals surface area contributed by atoms with E-state index in [0.29, 0.717) is 0 Å². The number of hydrogen-bond donors (Lipinski definition) is 0. The van der Waals surface area contributed by atoms with Crippen molar-refractivity contribution in [1.82, 2.24) is 0 Å². The van der Waals surface area contributed by atoms with Crippen LogP contribution in [0.25, 0.3) is 0 Å². The van der Waals surface area contributed by atoms with E-state index in [2.05, 4.69) is 54.5 Å². The Morgan fingerprint density at radius 1 is 0.667 bits per heavy atom. The van der Waals surface area contributed by atoms with Gasteiger partial charge in [0.05, 0.1) is 0 Å². The molecule has 0 heterocycles. The Labute approximate surface area is 114 Å². The van der Waals surface area contributed by atoms with Crippen molar-refractivity contribution in [3.8, 4) is 0 Å². The van der Waals surface area contributed by atoms with Crippen LogP contribution in [0.15, 0.2) is 33.9 Å². The lowest BCUT2D eigenvalue weighted by Gasteiger charge is -2.17. The zero-order valence-corrected chi connectivity index (χ0v) is 13.4. The number of rotatable bonds is 4. The quantitative estimate of drug-likeness (QED) is 0.553. The summed E-state index contributed by atoms with van der Waals surface area (Å²) in [6.07, 6.45) is 7.17. The van der Waals surface area contributed by atoms with Gasteiger partial charge >= 0.3 is 0 Å². The summed E-state index contributed by atoms with van der Waals surface area (Å²) in [5, 5.41) is 0. The van der Waals surface area contributed by atoms with Crippen LogP contribution in [-0.4, -0.2) is 0 Å². The summed E-state index contributed by atoms with van der Waals surface area (Å²) in [5.41, 5.74) is 8.31. The van der Waals surface area contributed by atoms with Crippen molar-refractivity contribution in [3.63, 3.8) is 0 Å². The second-order valence-electron chi connectivity index (χ2n) is 6.25. The van der Waals surface area contributed by atoms with Gasteiger partial charge in [-0.2, -0.15) is 0 Å². The maximum atomic E-state index is 2.49. The van der Waals surface area contributed by atoms with Gasteiger partial charge in [0.15, 0.2) is 0 Å². The molecule has 1 aliphatic rings. The predicted molar refractivity (Wildman–Crippen MR) is 82.8 cm³/mol. The topological polar surface area (TPSA) is 0 Å². The van der Waals surface area contributed by atoms with E-state index in [1.165, 1.54) is 12.8 Å². The van der Waals surface area contributed by atoms with Gasteiger partial charge in [0, 0.05) is 0 Å². The van der Waals surface area contributed by atoms with Crippen molar-refractivity contribution in [2.24, 2.45) is 5.41 Å². The fourth-order valence-electron chi connectivity index (χ4n) is 3.14. The van der Waals surface area contributed by atoms with Gasteiger partial charge in [0.2, 0.25) is 0 Å². The molecule has 0 saturated carbocycles. The van der Waals surface area contributed by atoms with Crippen LogP contribution in [0.3, 0.4) is 0 Å². The maximum absolute atomic E-state index is 2.49. The highest BCUT2D eigenvalue weighted by atomic mass is 14.3. The summed E-state index contributed by atoms with van der Waals surface area (Å²) in [5.74, 6) is 0. The minimum absolute atomic E-state index is 0.262. The first-order chi connectivity index (χ1) is 8.39. The molecule has 0 aromatic heterocycles. The highest BCUT2D eigenvalue weighted by Crippen LogP contribution is 2.44. The van der Waals surface area contributed by atoms with Crippen LogP contribution in [0, 0.1) is 5.41 Å². The molecule has 0 heteroatoms. The van der Waals surface area contributed by atoms with E-state index in [9.17, 15) is 0 Å². The Balaban J connectivity index is 3.43. The highest BCUT2D eigenvalue weighted by molar-refractivity contribution is 5.64. The summed E-state index contributed by atoms with van der Waals surface area (Å²) in [4.78, 5) is 0. The predicted octanol–water partition coefficient (Wildman–Crippen LogP) is 6.21. The first kappa shape index (κ1) is 15.3. The minimum atomic E-state index is 0.262. The molecule has 1 rings (SSSR count). The molecule has 0 bridgehead atoms. The van der Waals surface area contributed by atoms with Gasteiger partial charge in [-0.3, -0.25) is 0 Å². The van der Waals surface area contributed by atoms with E-state index in [1.54, 1.807) is 27.9 Å². The molecule has 0 unspecified atom stereocenters. The third kappa shape index (κ3) is 2.96. The zero-order valence-electron chi connectivity index (χ0n) is 13.4. The normalized spacial score (nSPS) is 16.9. The van der Waals surface area contributed by atoms with Crippen LogP contribution in [0.4, 0.5) is 0 Å². The number of hydrogen-bond acceptors (Lipinski definition) is 0. The molecule has 1 aliphatic carbocycles. The van der Waals surface area contributed by atoms with E-state index in [4.69, 9.17) is 0 Å². The molecular weight excluding hydrogens is 216 g/mol. The van der Waals surface area contributed by atoms with Crippen molar-refractivity contribution in [1.29, 1.82) is 0 Å². The van der Waals surface area contributed by atoms with Crippen LogP contribution < -0.4 is 0 Å². The molecule has 0 fully saturated rings. The molecule has 18 heavy (non-hydrogen) atoms. The Morgan fingerprint density at radius 3 is 1.22 bits per heavy atom. The molecule has 0 amide bonds. The average molecular weight is 246 g/mol. The SMILES string of the molecule is CCC1=C(CC)C(CC)=C(CC)C1=CC(C)(C)C. The third-order valence-electron chi connectivity index (χ3n) is 3.73. The van der Waals surface area contributed by atoms with E-state index in [1.807, 2.05) is 0 Å². The van der Waals surface area contributed by atoms with Crippen molar-refractivity contribution in [2.75, 3.05) is 0 Å². The van der Waals surface area contributed by atoms with Crippen molar-refractivity contribution in [3.05, 3.63) is 33.9 Å². The molecule has 0 nitrogen and oxygen atoms in total. The minimum Gasteiger partial charge on any atom is -0.0713 e. The lowest BCUT2D eigenvalue weighted by atomic mass is 9.88. The van der Waals surface area contributed by atoms with Crippen LogP contribution in [0.1, 0.15) is 74.1 Å². The summed E-state index contributed by atoms with van der Waals surface area (Å²) >= 11 is 0. The van der Waals surface area contributed by atoms with Crippen molar-refractivity contribution in [2.45, 2.75) is 74.1 Å². The lowest BCUT2D eigenvalue weighted by Crippen LogP contribution is -2.03. The molecule has 0 N–H and O–H groups in total. The van der Waals surface area contributed by atoms with Gasteiger partial charge in [-0.25, -0.2) is 0 Å². The van der Waals surface area contributed by atoms with Crippen molar-refractivity contribution >= 4 is 0 Å². The smallest absolute Gasteiger partial charge is 0.0194 e. The molecule has 0 radical (unpaired) electrons. The second-order valence-corrected chi connectivity index (χ2v) is 6.25. The molecule has 0 spiro atoms. The Kier molecular flexibility index (Phi) is 5.01. The maximum Gasteiger partial charge on any atom is -0.0194 e. The van der Waals surface area contributed by atoms with Crippen LogP contribution in [0.2, 0.25) is 0 Å². The largest absolute Gasteiger partial charge is 0.0713 e. The van der Waals surface area contributed by atoms with Gasteiger partial charge < -0.3 is 0 Å². The average Bonchev–Trinajstić information content (AvgIpc) is 2.58. The van der Waals surface area contributed by atoms with Gasteiger partial charge in [-0.1, -0.05) is 54.5 Å². The van der Waals surface area contributed by atoms with E-state index < -0.39 is 0 Å². The Hall–Kier alpha value is -0.780. The van der Waals surface area contributed by atoms with Gasteiger partial charge in [-0.05, 0) is 59.0 Å². The molecule has 102 valence electrons. The van der Waals surface area contributed by atoms with Crippen LogP contribution >= 0.6 is 0 Å². The number of allylic oxidation sites excluding steroid dienone is 6. The highest BCUT2D eigenvalue weighted by Gasteiger charge is 2.26. The Morgan fingerprint density at radius 2 is 1.00 bits per heavy atom. The zero-order chi connectivity index (χ0) is 13.9. The van der Waals surface area contributed by atoms with E-state index >= 15 is 0 Å². The molecule has 0 saturated heterocycles. The Bertz CT molecular complexity index is 364. The molecular formula is C18H30. The monoisotopic (exact) mass is 246 g/mol. The first-order valence-corrected chi connectivity index (χ1v) is 7.57. The van der Waals surface area contributed by atoms with E-state index in [0.717, 1.165) is 12.8 Å². The van der Waals surface area contributed by atoms with E-state index in [-0.39, 0.29) is 5.41 Å². The van der Waals surface area contributed by atoms with Gasteiger partial charge in [0.1, 0.15) is 0 Å². The second kappa shape index (κ2) is 5.91. The fraction of sp³-hybridized carbons (Fsp3) is 0.667. The summed E-state index contributed by atoms with van der Waals surface area (Å²) in [6.45, 7) is 16.1. The molecule has 0 aromatic rings. The van der Waals surface area contributed by atoms with Crippen molar-refractivity contribution < 1.29 is 0 Å². The van der Waals surface area contributed by atoms with Crippen LogP contribution in [-0.2, 0) is 0 Å². The molecule has 0 aromatic carbocycles. The summed E-state index contributed by atoms with van der Waals surface area (Å²) < 4.78 is 0. The fourth-order valence-corrected chi connectivity index (χ4v) is 3.14. The standard InChI is InChI=1S/C18H30/c1-8-13-14(9-2)16(11-4)17(15(13)10-3)12-18(5,6)7/h12H,8-11H2,1-7H3. The molecule has 0 aliphatic heterocycles. The molecule has 0 atom stereocenters. The van der Waals surface area contributed by atoms with Crippen LogP contribution in [0.5, 0.6) is 0 Å². The first-order valence-electron chi connectivity index (χ1n) is 7.57. The summed E-state index contributed by atoms with van der Waals surface area (Å²) in [6, 6.07) is 0. The summed E-state index contributed by atoms with van der Waals surface area (Å²) in [7, 11) is 0. The van der Waals surface area contributed by atoms with Gasteiger partial charge in [-0.15, -0.1) is 0 Å².